The SMILES string of the molecule is CC(C)(C)OC(=O)NC1CCN(C2C(F)CC3C(=O)C(C(=O)N4CCN(N5CCCC5)CC4)=CN4C5CCCCC5OC2C34)C1. The maximum absolute atomic E-state index is 16.4. The third-order valence-corrected chi connectivity index (χ3v) is 11.2. The van der Waals surface area contributed by atoms with Crippen molar-refractivity contribution in [3.8, 4) is 0 Å². The van der Waals surface area contributed by atoms with Crippen molar-refractivity contribution in [1.82, 2.24) is 30.0 Å². The largest absolute Gasteiger partial charge is 0.444 e. The molecule has 7 aliphatic rings. The fourth-order valence-electron chi connectivity index (χ4n) is 9.14. The molecule has 0 aromatic carbocycles. The highest BCUT2D eigenvalue weighted by Gasteiger charge is 2.60. The number of alkyl carbamates (subject to hydrolysis) is 1. The van der Waals surface area contributed by atoms with E-state index in [1.165, 1.54) is 12.8 Å². The van der Waals surface area contributed by atoms with Gasteiger partial charge in [-0.15, -0.1) is 0 Å². The number of nitrogens with one attached hydrogen (secondary N) is 1. The smallest absolute Gasteiger partial charge is 0.407 e. The highest BCUT2D eigenvalue weighted by atomic mass is 19.1. The summed E-state index contributed by atoms with van der Waals surface area (Å²) in [5.74, 6) is -1.04. The maximum Gasteiger partial charge on any atom is 0.407 e. The van der Waals surface area contributed by atoms with Gasteiger partial charge in [-0.3, -0.25) is 14.5 Å². The first kappa shape index (κ1) is 31.3. The Balaban J connectivity index is 1.09. The predicted octanol–water partition coefficient (Wildman–Crippen LogP) is 2.31. The zero-order valence-corrected chi connectivity index (χ0v) is 27.2. The van der Waals surface area contributed by atoms with Crippen molar-refractivity contribution >= 4 is 17.8 Å². The van der Waals surface area contributed by atoms with Crippen molar-refractivity contribution in [2.75, 3.05) is 52.4 Å². The number of hydrogen-bond acceptors (Lipinski definition) is 9. The first-order valence-electron chi connectivity index (χ1n) is 17.4. The van der Waals surface area contributed by atoms with Crippen molar-refractivity contribution < 1.29 is 28.2 Å². The Morgan fingerprint density at radius 3 is 2.38 bits per heavy atom. The van der Waals surface area contributed by atoms with Gasteiger partial charge in [0.1, 0.15) is 11.8 Å². The molecule has 4 saturated heterocycles. The van der Waals surface area contributed by atoms with Crippen LogP contribution in [0.2, 0.25) is 0 Å². The number of piperazine rings is 1. The van der Waals surface area contributed by atoms with Gasteiger partial charge in [0.05, 0.1) is 35.9 Å². The fraction of sp³-hybridized carbons (Fsp3) is 0.848. The van der Waals surface area contributed by atoms with Crippen LogP contribution in [-0.2, 0) is 19.1 Å². The standard InChI is InChI=1S/C33H51FN6O5/c1-33(2,3)45-32(43)35-21-10-13-37(19-21)28-24(34)18-22-27-30(28)44-26-9-5-4-8-25(26)40(27)20-23(29(22)41)31(42)36-14-16-39(17-15-36)38-11-6-7-12-38/h20-22,24-28,30H,4-19H2,1-3H3,(H,35,43). The second kappa shape index (κ2) is 12.4. The number of hydrogen-bond donors (Lipinski definition) is 1. The molecule has 45 heavy (non-hydrogen) atoms. The fourth-order valence-corrected chi connectivity index (χ4v) is 9.14. The van der Waals surface area contributed by atoms with Gasteiger partial charge in [0.2, 0.25) is 0 Å². The topological polar surface area (TPSA) is 97.9 Å². The molecule has 8 atom stereocenters. The molecule has 0 radical (unpaired) electrons. The molecule has 8 unspecified atom stereocenters. The van der Waals surface area contributed by atoms with E-state index in [1.54, 1.807) is 0 Å². The zero-order chi connectivity index (χ0) is 31.5. The lowest BCUT2D eigenvalue weighted by atomic mass is 9.69. The molecule has 2 aliphatic carbocycles. The normalized spacial score (nSPS) is 38.0. The molecule has 12 heteroatoms. The molecular weight excluding hydrogens is 579 g/mol. The summed E-state index contributed by atoms with van der Waals surface area (Å²) in [5.41, 5.74) is -0.367. The number of carbonyl (C=O) groups is 3. The molecule has 6 fully saturated rings. The number of rotatable bonds is 4. The highest BCUT2D eigenvalue weighted by molar-refractivity contribution is 6.20. The van der Waals surface area contributed by atoms with Crippen LogP contribution in [0.5, 0.6) is 0 Å². The average molecular weight is 631 g/mol. The summed E-state index contributed by atoms with van der Waals surface area (Å²) in [6, 6.07) is -0.869. The Morgan fingerprint density at radius 2 is 1.64 bits per heavy atom. The van der Waals surface area contributed by atoms with Gasteiger partial charge in [-0.1, -0.05) is 12.8 Å². The van der Waals surface area contributed by atoms with Crippen LogP contribution < -0.4 is 5.32 Å². The van der Waals surface area contributed by atoms with Gasteiger partial charge < -0.3 is 24.6 Å². The van der Waals surface area contributed by atoms with Gasteiger partial charge in [-0.2, -0.15) is 0 Å². The lowest BCUT2D eigenvalue weighted by Gasteiger charge is -2.60. The molecule has 0 spiro atoms. The molecule has 0 aromatic rings. The number of morpholine rings is 1. The van der Waals surface area contributed by atoms with Crippen LogP contribution in [0.4, 0.5) is 9.18 Å². The summed E-state index contributed by atoms with van der Waals surface area (Å²) < 4.78 is 28.7. The van der Waals surface area contributed by atoms with Gasteiger partial charge in [-0.05, 0) is 59.3 Å². The molecule has 5 heterocycles. The van der Waals surface area contributed by atoms with E-state index in [1.807, 2.05) is 31.9 Å². The molecule has 2 saturated carbocycles. The second-order valence-corrected chi connectivity index (χ2v) is 15.2. The van der Waals surface area contributed by atoms with E-state index in [0.29, 0.717) is 32.6 Å². The van der Waals surface area contributed by atoms with Gasteiger partial charge in [0, 0.05) is 70.5 Å². The van der Waals surface area contributed by atoms with Crippen LogP contribution in [-0.4, -0.2) is 143 Å². The summed E-state index contributed by atoms with van der Waals surface area (Å²) in [5, 5.41) is 7.71. The predicted molar refractivity (Wildman–Crippen MR) is 165 cm³/mol. The van der Waals surface area contributed by atoms with Crippen LogP contribution in [0.25, 0.3) is 0 Å². The van der Waals surface area contributed by atoms with E-state index >= 15 is 4.39 Å². The van der Waals surface area contributed by atoms with E-state index in [0.717, 1.165) is 51.9 Å². The number of ketones is 1. The number of alkyl halides is 1. The molecule has 1 N–H and O–H groups in total. The Morgan fingerprint density at radius 1 is 0.933 bits per heavy atom. The lowest BCUT2D eigenvalue weighted by molar-refractivity contribution is -0.210. The number of nitrogens with zero attached hydrogens (tertiary/aromatic N) is 5. The summed E-state index contributed by atoms with van der Waals surface area (Å²) in [6.07, 6.45) is 6.73. The third kappa shape index (κ3) is 6.12. The Bertz CT molecular complexity index is 1180. The van der Waals surface area contributed by atoms with Crippen LogP contribution >= 0.6 is 0 Å². The van der Waals surface area contributed by atoms with Crippen LogP contribution in [0.1, 0.15) is 72.1 Å². The number of likely N-dealkylation sites (tertiary alicyclic amines) is 1. The van der Waals surface area contributed by atoms with Crippen molar-refractivity contribution in [1.29, 1.82) is 0 Å². The zero-order valence-electron chi connectivity index (χ0n) is 27.2. The number of halogens is 1. The van der Waals surface area contributed by atoms with E-state index in [9.17, 15) is 14.4 Å². The molecule has 5 aliphatic heterocycles. The van der Waals surface area contributed by atoms with Gasteiger partial charge in [0.25, 0.3) is 5.91 Å². The summed E-state index contributed by atoms with van der Waals surface area (Å²) in [6.45, 7) is 11.5. The molecule has 11 nitrogen and oxygen atoms in total. The van der Waals surface area contributed by atoms with Crippen LogP contribution in [0.15, 0.2) is 11.8 Å². The molecular formula is C33H51FN6O5. The Kier molecular flexibility index (Phi) is 8.63. The highest BCUT2D eigenvalue weighted by Crippen LogP contribution is 2.47. The Hall–Kier alpha value is -2.28. The first-order chi connectivity index (χ1) is 21.6. The van der Waals surface area contributed by atoms with Crippen LogP contribution in [0, 0.1) is 5.92 Å². The number of amides is 2. The summed E-state index contributed by atoms with van der Waals surface area (Å²) in [7, 11) is 0. The number of Topliss-reactive ketones (excluding diaryl/α,β-unsaturated/α-hetero) is 1. The van der Waals surface area contributed by atoms with Crippen molar-refractivity contribution in [2.24, 2.45) is 5.92 Å². The number of ether oxygens (including phenoxy) is 2. The average Bonchev–Trinajstić information content (AvgIpc) is 3.70. The van der Waals surface area contributed by atoms with Crippen molar-refractivity contribution in [2.45, 2.75) is 120 Å². The molecule has 250 valence electrons. The number of carbonyl (C=O) groups excluding carboxylic acids is 3. The minimum atomic E-state index is -1.28. The monoisotopic (exact) mass is 630 g/mol. The van der Waals surface area contributed by atoms with E-state index < -0.39 is 35.9 Å². The van der Waals surface area contributed by atoms with Crippen molar-refractivity contribution in [3.05, 3.63) is 11.8 Å². The van der Waals surface area contributed by atoms with Crippen LogP contribution in [0.3, 0.4) is 0 Å². The summed E-state index contributed by atoms with van der Waals surface area (Å²) >= 11 is 0. The van der Waals surface area contributed by atoms with Gasteiger partial charge >= 0.3 is 6.09 Å². The third-order valence-electron chi connectivity index (χ3n) is 11.2. The molecule has 2 amide bonds. The van der Waals surface area contributed by atoms with Gasteiger partial charge in [-0.25, -0.2) is 19.2 Å². The minimum Gasteiger partial charge on any atom is -0.444 e. The maximum atomic E-state index is 16.4. The second-order valence-electron chi connectivity index (χ2n) is 15.2. The van der Waals surface area contributed by atoms with E-state index in [4.69, 9.17) is 9.47 Å². The summed E-state index contributed by atoms with van der Waals surface area (Å²) in [4.78, 5) is 46.7. The molecule has 0 bridgehead atoms. The molecule has 0 aromatic heterocycles. The van der Waals surface area contributed by atoms with E-state index in [2.05, 4.69) is 25.1 Å². The van der Waals surface area contributed by atoms with Crippen molar-refractivity contribution in [3.63, 3.8) is 0 Å². The first-order valence-corrected chi connectivity index (χ1v) is 17.4. The minimum absolute atomic E-state index is 0.0588. The van der Waals surface area contributed by atoms with Gasteiger partial charge in [0.15, 0.2) is 5.78 Å². The lowest BCUT2D eigenvalue weighted by Crippen LogP contribution is -2.73. The quantitative estimate of drug-likeness (QED) is 0.470. The number of hydrazine groups is 1. The molecule has 7 rings (SSSR count). The van der Waals surface area contributed by atoms with E-state index in [-0.39, 0.29) is 47.9 Å². The number of fused-ring (bicyclic) bond motifs is 2. The Labute approximate surface area is 266 Å².